The van der Waals surface area contributed by atoms with Crippen molar-refractivity contribution in [2.24, 2.45) is 5.41 Å². The average Bonchev–Trinajstić information content (AvgIpc) is 3.34. The molecule has 6 heteroatoms. The zero-order chi connectivity index (χ0) is 20.7. The van der Waals surface area contributed by atoms with Crippen molar-refractivity contribution in [2.45, 2.75) is 43.0 Å². The standard InChI is InChI=1S/C24H24N2O3S/c27-21-14-24(12-6-7-13-24)23(29)25(21)15-22(28)26-18-10-4-5-11-20(18)30-16-19(26)17-8-2-1-3-9-17/h1-5,8-11,19H,6-7,12-16H2/t19-/m0/s1. The van der Waals surface area contributed by atoms with Gasteiger partial charge in [0.05, 0.1) is 17.1 Å². The molecule has 1 aliphatic carbocycles. The first-order valence-corrected chi connectivity index (χ1v) is 11.5. The van der Waals surface area contributed by atoms with Gasteiger partial charge in [0.1, 0.15) is 6.54 Å². The highest BCUT2D eigenvalue weighted by atomic mass is 32.2. The Hall–Kier alpha value is -2.60. The zero-order valence-corrected chi connectivity index (χ0v) is 17.6. The molecule has 5 rings (SSSR count). The summed E-state index contributed by atoms with van der Waals surface area (Å²) in [7, 11) is 0. The second-order valence-corrected chi connectivity index (χ2v) is 9.48. The van der Waals surface area contributed by atoms with Crippen molar-refractivity contribution in [1.29, 1.82) is 0 Å². The molecule has 1 saturated heterocycles. The van der Waals surface area contributed by atoms with Gasteiger partial charge in [0.25, 0.3) is 0 Å². The van der Waals surface area contributed by atoms with Crippen LogP contribution in [0.15, 0.2) is 59.5 Å². The Morgan fingerprint density at radius 3 is 2.47 bits per heavy atom. The van der Waals surface area contributed by atoms with E-state index < -0.39 is 5.41 Å². The minimum Gasteiger partial charge on any atom is -0.301 e. The fourth-order valence-corrected chi connectivity index (χ4v) is 6.26. The molecule has 1 spiro atoms. The minimum atomic E-state index is -0.550. The van der Waals surface area contributed by atoms with Crippen LogP contribution in [0.2, 0.25) is 0 Å². The molecule has 0 N–H and O–H groups in total. The van der Waals surface area contributed by atoms with Crippen LogP contribution in [-0.4, -0.2) is 34.9 Å². The molecule has 5 nitrogen and oxygen atoms in total. The summed E-state index contributed by atoms with van der Waals surface area (Å²) in [5, 5.41) is 0. The van der Waals surface area contributed by atoms with Crippen molar-refractivity contribution in [2.75, 3.05) is 17.2 Å². The van der Waals surface area contributed by atoms with Crippen molar-refractivity contribution in [1.82, 2.24) is 4.90 Å². The number of carbonyl (C=O) groups excluding carboxylic acids is 3. The number of anilines is 1. The van der Waals surface area contributed by atoms with Crippen LogP contribution in [-0.2, 0) is 14.4 Å². The normalized spacial score (nSPS) is 22.6. The summed E-state index contributed by atoms with van der Waals surface area (Å²) in [5.74, 6) is 0.187. The first-order chi connectivity index (χ1) is 14.6. The first-order valence-electron chi connectivity index (χ1n) is 10.5. The number of hydrogen-bond acceptors (Lipinski definition) is 4. The van der Waals surface area contributed by atoms with Crippen LogP contribution in [0.3, 0.4) is 0 Å². The fourth-order valence-electron chi connectivity index (χ4n) is 5.09. The Labute approximate surface area is 180 Å². The van der Waals surface area contributed by atoms with Crippen molar-refractivity contribution in [3.63, 3.8) is 0 Å². The van der Waals surface area contributed by atoms with Gasteiger partial charge in [0, 0.05) is 17.1 Å². The van der Waals surface area contributed by atoms with E-state index in [1.807, 2.05) is 54.6 Å². The highest BCUT2D eigenvalue weighted by Gasteiger charge is 2.53. The van der Waals surface area contributed by atoms with Gasteiger partial charge in [-0.05, 0) is 30.5 Å². The van der Waals surface area contributed by atoms with Crippen LogP contribution in [0, 0.1) is 5.41 Å². The number of amides is 3. The fraction of sp³-hybridized carbons (Fsp3) is 0.375. The third-order valence-electron chi connectivity index (χ3n) is 6.63. The van der Waals surface area contributed by atoms with Crippen molar-refractivity contribution < 1.29 is 14.4 Å². The van der Waals surface area contributed by atoms with Gasteiger partial charge in [-0.15, -0.1) is 11.8 Å². The number of thioether (sulfide) groups is 1. The Kier molecular flexibility index (Phi) is 4.89. The molecule has 2 aromatic carbocycles. The zero-order valence-electron chi connectivity index (χ0n) is 16.8. The molecule has 0 radical (unpaired) electrons. The van der Waals surface area contributed by atoms with Crippen LogP contribution in [0.5, 0.6) is 0 Å². The number of hydrogen-bond donors (Lipinski definition) is 0. The molecule has 1 atom stereocenters. The highest BCUT2D eigenvalue weighted by molar-refractivity contribution is 7.99. The minimum absolute atomic E-state index is 0.133. The number of rotatable bonds is 3. The summed E-state index contributed by atoms with van der Waals surface area (Å²) in [6.45, 7) is -0.179. The SMILES string of the molecule is O=C1CC2(CCCC2)C(=O)N1CC(=O)N1c2ccccc2SC[C@H]1c1ccccc1. The predicted molar refractivity (Wildman–Crippen MR) is 116 cm³/mol. The number of likely N-dealkylation sites (tertiary alicyclic amines) is 1. The van der Waals surface area contributed by atoms with Crippen LogP contribution in [0.25, 0.3) is 0 Å². The molecular formula is C24H24N2O3S. The van der Waals surface area contributed by atoms with E-state index in [9.17, 15) is 14.4 Å². The maximum absolute atomic E-state index is 13.6. The summed E-state index contributed by atoms with van der Waals surface area (Å²) in [6, 6.07) is 17.7. The van der Waals surface area contributed by atoms with Crippen molar-refractivity contribution >= 4 is 35.2 Å². The molecule has 1 saturated carbocycles. The third-order valence-corrected chi connectivity index (χ3v) is 7.77. The average molecular weight is 421 g/mol. The lowest BCUT2D eigenvalue weighted by molar-refractivity contribution is -0.144. The molecule has 3 amide bonds. The van der Waals surface area contributed by atoms with Gasteiger partial charge in [-0.3, -0.25) is 19.3 Å². The van der Waals surface area contributed by atoms with Gasteiger partial charge in [-0.25, -0.2) is 0 Å². The number of imide groups is 1. The third kappa shape index (κ3) is 3.14. The molecule has 0 aromatic heterocycles. The van der Waals surface area contributed by atoms with E-state index in [-0.39, 0.29) is 36.7 Å². The molecule has 2 aliphatic heterocycles. The Bertz CT molecular complexity index is 1000. The van der Waals surface area contributed by atoms with Gasteiger partial charge < -0.3 is 4.90 Å². The number of carbonyl (C=O) groups is 3. The van der Waals surface area contributed by atoms with Gasteiger partial charge in [-0.1, -0.05) is 55.3 Å². The van der Waals surface area contributed by atoms with Crippen LogP contribution < -0.4 is 4.90 Å². The molecule has 154 valence electrons. The Morgan fingerprint density at radius 2 is 1.70 bits per heavy atom. The van der Waals surface area contributed by atoms with Crippen molar-refractivity contribution in [3.05, 3.63) is 60.2 Å². The first kappa shape index (κ1) is 19.4. The molecule has 30 heavy (non-hydrogen) atoms. The largest absolute Gasteiger partial charge is 0.301 e. The summed E-state index contributed by atoms with van der Waals surface area (Å²) in [6.07, 6.45) is 3.74. The number of benzene rings is 2. The molecule has 2 aromatic rings. The monoisotopic (exact) mass is 420 g/mol. The maximum Gasteiger partial charge on any atom is 0.247 e. The van der Waals surface area contributed by atoms with E-state index in [1.54, 1.807) is 16.7 Å². The molecular weight excluding hydrogens is 396 g/mol. The number of nitrogens with zero attached hydrogens (tertiary/aromatic N) is 2. The van der Waals surface area contributed by atoms with Gasteiger partial charge in [0.2, 0.25) is 17.7 Å². The summed E-state index contributed by atoms with van der Waals surface area (Å²) in [5.41, 5.74) is 1.35. The Balaban J connectivity index is 1.46. The summed E-state index contributed by atoms with van der Waals surface area (Å²) >= 11 is 1.73. The van der Waals surface area contributed by atoms with E-state index in [0.29, 0.717) is 0 Å². The summed E-state index contributed by atoms with van der Waals surface area (Å²) < 4.78 is 0. The number of fused-ring (bicyclic) bond motifs is 1. The predicted octanol–water partition coefficient (Wildman–Crippen LogP) is 4.19. The summed E-state index contributed by atoms with van der Waals surface area (Å²) in [4.78, 5) is 43.4. The van der Waals surface area contributed by atoms with Crippen LogP contribution in [0.4, 0.5) is 5.69 Å². The van der Waals surface area contributed by atoms with Gasteiger partial charge >= 0.3 is 0 Å². The van der Waals surface area contributed by atoms with Gasteiger partial charge in [0.15, 0.2) is 0 Å². The lowest BCUT2D eigenvalue weighted by Gasteiger charge is -2.37. The van der Waals surface area contributed by atoms with Gasteiger partial charge in [-0.2, -0.15) is 0 Å². The highest BCUT2D eigenvalue weighted by Crippen LogP contribution is 2.47. The number of para-hydroxylation sites is 1. The maximum atomic E-state index is 13.6. The van der Waals surface area contributed by atoms with Crippen molar-refractivity contribution in [3.8, 4) is 0 Å². The second-order valence-electron chi connectivity index (χ2n) is 8.42. The molecule has 3 aliphatic rings. The molecule has 0 unspecified atom stereocenters. The van der Waals surface area contributed by atoms with E-state index in [0.717, 1.165) is 47.6 Å². The molecule has 2 fully saturated rings. The molecule has 0 bridgehead atoms. The van der Waals surface area contributed by atoms with E-state index in [4.69, 9.17) is 0 Å². The van der Waals surface area contributed by atoms with E-state index in [1.165, 1.54) is 4.90 Å². The van der Waals surface area contributed by atoms with Crippen LogP contribution in [0.1, 0.15) is 43.7 Å². The topological polar surface area (TPSA) is 57.7 Å². The lowest BCUT2D eigenvalue weighted by atomic mass is 9.84. The van der Waals surface area contributed by atoms with E-state index in [2.05, 4.69) is 0 Å². The lowest BCUT2D eigenvalue weighted by Crippen LogP contribution is -2.47. The quantitative estimate of drug-likeness (QED) is 0.699. The smallest absolute Gasteiger partial charge is 0.247 e. The molecule has 2 heterocycles. The Morgan fingerprint density at radius 1 is 1.00 bits per heavy atom. The van der Waals surface area contributed by atoms with E-state index >= 15 is 0 Å². The second kappa shape index (κ2) is 7.58. The van der Waals surface area contributed by atoms with Crippen LogP contribution >= 0.6 is 11.8 Å².